The first-order chi connectivity index (χ1) is 18.1. The Kier molecular flexibility index (Phi) is 10.6. The Morgan fingerprint density at radius 1 is 0.974 bits per heavy atom. The van der Waals surface area contributed by atoms with Gasteiger partial charge in [0, 0.05) is 17.6 Å². The standard InChI is InChI=1S/C27H28BrCl2N3O4S/c1-3-16-31-27(35)19(2)32(17-20-12-14-21(28)15-13-20)25(34)18-33(24-11-7-10-23(29)26(24)30)38(36,37)22-8-5-4-6-9-22/h4-15,19H,3,16-18H2,1-2H3,(H,31,35). The van der Waals surface area contributed by atoms with Crippen molar-refractivity contribution in [2.75, 3.05) is 17.4 Å². The molecule has 0 fully saturated rings. The molecule has 11 heteroatoms. The molecule has 38 heavy (non-hydrogen) atoms. The zero-order valence-electron chi connectivity index (χ0n) is 20.9. The lowest BCUT2D eigenvalue weighted by atomic mass is 10.1. The monoisotopic (exact) mass is 639 g/mol. The highest BCUT2D eigenvalue weighted by atomic mass is 79.9. The van der Waals surface area contributed by atoms with Crippen LogP contribution in [0.5, 0.6) is 0 Å². The molecule has 0 aliphatic heterocycles. The number of hydrogen-bond donors (Lipinski definition) is 1. The molecule has 0 bridgehead atoms. The van der Waals surface area contributed by atoms with Gasteiger partial charge in [0.15, 0.2) is 0 Å². The molecule has 202 valence electrons. The van der Waals surface area contributed by atoms with Crippen LogP contribution in [0.4, 0.5) is 5.69 Å². The molecule has 0 radical (unpaired) electrons. The van der Waals surface area contributed by atoms with Crippen molar-refractivity contribution in [3.05, 3.63) is 92.9 Å². The van der Waals surface area contributed by atoms with Crippen molar-refractivity contribution in [3.63, 3.8) is 0 Å². The summed E-state index contributed by atoms with van der Waals surface area (Å²) in [7, 11) is -4.22. The quantitative estimate of drug-likeness (QED) is 0.283. The van der Waals surface area contributed by atoms with Gasteiger partial charge < -0.3 is 10.2 Å². The van der Waals surface area contributed by atoms with Crippen LogP contribution in [0, 0.1) is 0 Å². The Morgan fingerprint density at radius 2 is 1.63 bits per heavy atom. The molecule has 0 saturated heterocycles. The number of nitrogens with zero attached hydrogens (tertiary/aromatic N) is 2. The fraction of sp³-hybridized carbons (Fsp3) is 0.259. The van der Waals surface area contributed by atoms with Crippen molar-refractivity contribution in [2.24, 2.45) is 0 Å². The van der Waals surface area contributed by atoms with E-state index in [-0.39, 0.29) is 33.1 Å². The summed E-state index contributed by atoms with van der Waals surface area (Å²) in [5, 5.41) is 2.95. The first-order valence-electron chi connectivity index (χ1n) is 11.9. The number of anilines is 1. The number of carbonyl (C=O) groups excluding carboxylic acids is 2. The molecule has 0 aromatic heterocycles. The van der Waals surface area contributed by atoms with Crippen LogP contribution in [0.2, 0.25) is 10.0 Å². The molecule has 1 atom stereocenters. The summed E-state index contributed by atoms with van der Waals surface area (Å²) in [6, 6.07) is 18.8. The lowest BCUT2D eigenvalue weighted by molar-refractivity contribution is -0.139. The maximum Gasteiger partial charge on any atom is 0.264 e. The van der Waals surface area contributed by atoms with Crippen molar-refractivity contribution in [2.45, 2.75) is 37.8 Å². The lowest BCUT2D eigenvalue weighted by Gasteiger charge is -2.32. The van der Waals surface area contributed by atoms with E-state index in [0.29, 0.717) is 6.54 Å². The van der Waals surface area contributed by atoms with E-state index in [1.165, 1.54) is 29.2 Å². The zero-order chi connectivity index (χ0) is 27.9. The second kappa shape index (κ2) is 13.5. The molecule has 3 aromatic rings. The van der Waals surface area contributed by atoms with Crippen LogP contribution in [-0.2, 0) is 26.2 Å². The van der Waals surface area contributed by atoms with Crippen LogP contribution in [-0.4, -0.2) is 44.3 Å². The van der Waals surface area contributed by atoms with Gasteiger partial charge in [-0.1, -0.05) is 82.5 Å². The maximum absolute atomic E-state index is 13.8. The van der Waals surface area contributed by atoms with Crippen molar-refractivity contribution in [1.82, 2.24) is 10.2 Å². The van der Waals surface area contributed by atoms with Gasteiger partial charge in [-0.05, 0) is 55.3 Å². The molecule has 0 aliphatic rings. The van der Waals surface area contributed by atoms with E-state index in [0.717, 1.165) is 20.8 Å². The minimum absolute atomic E-state index is 0.00494. The zero-order valence-corrected chi connectivity index (χ0v) is 24.8. The van der Waals surface area contributed by atoms with Gasteiger partial charge in [-0.25, -0.2) is 8.42 Å². The maximum atomic E-state index is 13.8. The van der Waals surface area contributed by atoms with Crippen LogP contribution in [0.3, 0.4) is 0 Å². The number of sulfonamides is 1. The number of halogens is 3. The van der Waals surface area contributed by atoms with E-state index in [1.54, 1.807) is 31.2 Å². The number of carbonyl (C=O) groups is 2. The molecule has 3 rings (SSSR count). The van der Waals surface area contributed by atoms with Crippen LogP contribution < -0.4 is 9.62 Å². The smallest absolute Gasteiger partial charge is 0.264 e. The molecule has 7 nitrogen and oxygen atoms in total. The minimum Gasteiger partial charge on any atom is -0.354 e. The minimum atomic E-state index is -4.22. The number of amides is 2. The van der Waals surface area contributed by atoms with Gasteiger partial charge in [-0.3, -0.25) is 13.9 Å². The van der Waals surface area contributed by atoms with Gasteiger partial charge in [0.05, 0.1) is 20.6 Å². The van der Waals surface area contributed by atoms with E-state index in [1.807, 2.05) is 31.2 Å². The number of benzene rings is 3. The summed E-state index contributed by atoms with van der Waals surface area (Å²) in [6.45, 7) is 3.49. The highest BCUT2D eigenvalue weighted by molar-refractivity contribution is 9.10. The van der Waals surface area contributed by atoms with E-state index in [9.17, 15) is 18.0 Å². The van der Waals surface area contributed by atoms with Gasteiger partial charge in [0.2, 0.25) is 11.8 Å². The van der Waals surface area contributed by atoms with E-state index < -0.39 is 28.5 Å². The molecule has 1 N–H and O–H groups in total. The van der Waals surface area contributed by atoms with Crippen molar-refractivity contribution < 1.29 is 18.0 Å². The third-order valence-electron chi connectivity index (χ3n) is 5.79. The summed E-state index contributed by atoms with van der Waals surface area (Å²) in [4.78, 5) is 28.1. The van der Waals surface area contributed by atoms with Crippen molar-refractivity contribution >= 4 is 66.7 Å². The molecule has 0 spiro atoms. The topological polar surface area (TPSA) is 86.8 Å². The Labute approximate surface area is 241 Å². The molecule has 1 unspecified atom stereocenters. The fourth-order valence-electron chi connectivity index (χ4n) is 3.68. The third kappa shape index (κ3) is 7.28. The van der Waals surface area contributed by atoms with Crippen LogP contribution in [0.25, 0.3) is 0 Å². The first kappa shape index (κ1) is 30.0. The average Bonchev–Trinajstić information content (AvgIpc) is 2.91. The Bertz CT molecular complexity index is 1370. The Balaban J connectivity index is 2.04. The second-order valence-corrected chi connectivity index (χ2v) is 12.1. The van der Waals surface area contributed by atoms with Crippen LogP contribution in [0.1, 0.15) is 25.8 Å². The highest BCUT2D eigenvalue weighted by Gasteiger charge is 2.33. The van der Waals surface area contributed by atoms with Crippen molar-refractivity contribution in [1.29, 1.82) is 0 Å². The van der Waals surface area contributed by atoms with Gasteiger partial charge >= 0.3 is 0 Å². The summed E-state index contributed by atoms with van der Waals surface area (Å²) in [5.74, 6) is -0.918. The predicted molar refractivity (Wildman–Crippen MR) is 155 cm³/mol. The normalized spacial score (nSPS) is 12.0. The summed E-state index contributed by atoms with van der Waals surface area (Å²) in [5.41, 5.74) is 0.831. The average molecular weight is 641 g/mol. The van der Waals surface area contributed by atoms with Crippen LogP contribution in [0.15, 0.2) is 82.2 Å². The molecule has 0 heterocycles. The largest absolute Gasteiger partial charge is 0.354 e. The highest BCUT2D eigenvalue weighted by Crippen LogP contribution is 2.35. The summed E-state index contributed by atoms with van der Waals surface area (Å²) >= 11 is 16.0. The third-order valence-corrected chi connectivity index (χ3v) is 8.90. The van der Waals surface area contributed by atoms with Crippen molar-refractivity contribution in [3.8, 4) is 0 Å². The summed E-state index contributed by atoms with van der Waals surface area (Å²) in [6.07, 6.45) is 0.732. The lowest BCUT2D eigenvalue weighted by Crippen LogP contribution is -2.51. The van der Waals surface area contributed by atoms with Gasteiger partial charge in [0.1, 0.15) is 12.6 Å². The van der Waals surface area contributed by atoms with Gasteiger partial charge in [-0.2, -0.15) is 0 Å². The fourth-order valence-corrected chi connectivity index (χ4v) is 5.84. The Morgan fingerprint density at radius 3 is 2.26 bits per heavy atom. The van der Waals surface area contributed by atoms with Crippen LogP contribution >= 0.6 is 39.1 Å². The number of rotatable bonds is 11. The van der Waals surface area contributed by atoms with Gasteiger partial charge in [0.25, 0.3) is 10.0 Å². The number of nitrogens with one attached hydrogen (secondary N) is 1. The van der Waals surface area contributed by atoms with Gasteiger partial charge in [-0.15, -0.1) is 0 Å². The predicted octanol–water partition coefficient (Wildman–Crippen LogP) is 5.89. The second-order valence-electron chi connectivity index (χ2n) is 8.51. The summed E-state index contributed by atoms with van der Waals surface area (Å²) < 4.78 is 29.3. The number of hydrogen-bond acceptors (Lipinski definition) is 4. The van der Waals surface area contributed by atoms with E-state index in [4.69, 9.17) is 23.2 Å². The Hall–Kier alpha value is -2.59. The molecular formula is C27H28BrCl2N3O4S. The van der Waals surface area contributed by atoms with E-state index in [2.05, 4.69) is 21.2 Å². The molecule has 3 aromatic carbocycles. The molecular weight excluding hydrogens is 613 g/mol. The molecule has 2 amide bonds. The SMILES string of the molecule is CCCNC(=O)C(C)N(Cc1ccc(Br)cc1)C(=O)CN(c1cccc(Cl)c1Cl)S(=O)(=O)c1ccccc1. The molecule has 0 saturated carbocycles. The molecule has 0 aliphatic carbocycles. The van der Waals surface area contributed by atoms with E-state index >= 15 is 0 Å². The first-order valence-corrected chi connectivity index (χ1v) is 14.9.